The highest BCUT2D eigenvalue weighted by molar-refractivity contribution is 5.80. The molecular formula is C40H81NO4. The summed E-state index contributed by atoms with van der Waals surface area (Å²) < 4.78 is 0. The maximum absolute atomic E-state index is 12.4. The van der Waals surface area contributed by atoms with Crippen molar-refractivity contribution in [3.63, 3.8) is 0 Å². The fourth-order valence-corrected chi connectivity index (χ4v) is 6.49. The van der Waals surface area contributed by atoms with E-state index in [1.54, 1.807) is 0 Å². The Morgan fingerprint density at radius 2 is 0.711 bits per heavy atom. The van der Waals surface area contributed by atoms with E-state index in [1.807, 2.05) is 0 Å². The summed E-state index contributed by atoms with van der Waals surface area (Å²) in [4.78, 5) is 12.4. The van der Waals surface area contributed by atoms with E-state index in [0.717, 1.165) is 32.1 Å². The third-order valence-electron chi connectivity index (χ3n) is 9.73. The van der Waals surface area contributed by atoms with Crippen molar-refractivity contribution in [2.24, 2.45) is 0 Å². The number of aliphatic hydroxyl groups excluding tert-OH is 3. The van der Waals surface area contributed by atoms with Crippen molar-refractivity contribution in [1.82, 2.24) is 5.32 Å². The Labute approximate surface area is 281 Å². The van der Waals surface area contributed by atoms with Crippen molar-refractivity contribution >= 4 is 5.91 Å². The molecule has 0 saturated carbocycles. The zero-order valence-electron chi connectivity index (χ0n) is 30.5. The number of amides is 1. The Bertz CT molecular complexity index is 587. The maximum Gasteiger partial charge on any atom is 0.249 e. The molecule has 0 aliphatic heterocycles. The molecule has 0 aliphatic rings. The fraction of sp³-hybridized carbons (Fsp3) is 0.975. The van der Waals surface area contributed by atoms with Crippen molar-refractivity contribution in [1.29, 1.82) is 0 Å². The van der Waals surface area contributed by atoms with Crippen molar-refractivity contribution in [2.45, 2.75) is 244 Å². The second kappa shape index (κ2) is 36.2. The monoisotopic (exact) mass is 640 g/mol. The third kappa shape index (κ3) is 31.7. The van der Waals surface area contributed by atoms with Gasteiger partial charge in [0.2, 0.25) is 5.91 Å². The molecule has 0 rings (SSSR count). The van der Waals surface area contributed by atoms with Crippen LogP contribution >= 0.6 is 0 Å². The van der Waals surface area contributed by atoms with E-state index in [1.165, 1.54) is 167 Å². The molecule has 4 N–H and O–H groups in total. The van der Waals surface area contributed by atoms with Crippen molar-refractivity contribution in [3.8, 4) is 0 Å². The van der Waals surface area contributed by atoms with Crippen molar-refractivity contribution in [3.05, 3.63) is 0 Å². The van der Waals surface area contributed by atoms with Crippen LogP contribution in [0.4, 0.5) is 0 Å². The normalized spacial score (nSPS) is 13.6. The molecule has 0 radical (unpaired) electrons. The number of aliphatic hydroxyl groups is 3. The summed E-state index contributed by atoms with van der Waals surface area (Å²) in [6.45, 7) is 4.24. The Hall–Kier alpha value is -0.650. The number of unbranched alkanes of at least 4 members (excludes halogenated alkanes) is 29. The van der Waals surface area contributed by atoms with Gasteiger partial charge in [0, 0.05) is 0 Å². The Balaban J connectivity index is 3.62. The number of hydrogen-bond acceptors (Lipinski definition) is 4. The van der Waals surface area contributed by atoms with Gasteiger partial charge >= 0.3 is 0 Å². The van der Waals surface area contributed by atoms with Gasteiger partial charge in [0.1, 0.15) is 6.10 Å². The largest absolute Gasteiger partial charge is 0.394 e. The number of hydrogen-bond donors (Lipinski definition) is 4. The van der Waals surface area contributed by atoms with Crippen LogP contribution in [-0.4, -0.2) is 46.1 Å². The van der Waals surface area contributed by atoms with Crippen LogP contribution in [0.1, 0.15) is 226 Å². The van der Waals surface area contributed by atoms with Gasteiger partial charge < -0.3 is 20.6 Å². The number of carbonyl (C=O) groups excluding carboxylic acids is 1. The van der Waals surface area contributed by atoms with Crippen LogP contribution in [0.2, 0.25) is 0 Å². The highest BCUT2D eigenvalue weighted by atomic mass is 16.3. The fourth-order valence-electron chi connectivity index (χ4n) is 6.49. The molecule has 0 aromatic heterocycles. The summed E-state index contributed by atoms with van der Waals surface area (Å²) >= 11 is 0. The van der Waals surface area contributed by atoms with Crippen LogP contribution in [0.3, 0.4) is 0 Å². The maximum atomic E-state index is 12.4. The molecule has 0 aliphatic carbocycles. The van der Waals surface area contributed by atoms with Crippen molar-refractivity contribution in [2.75, 3.05) is 6.61 Å². The van der Waals surface area contributed by atoms with Crippen LogP contribution in [-0.2, 0) is 4.79 Å². The van der Waals surface area contributed by atoms with E-state index in [4.69, 9.17) is 0 Å². The summed E-state index contributed by atoms with van der Waals surface area (Å²) in [6, 6.07) is -0.704. The minimum atomic E-state index is -1.07. The van der Waals surface area contributed by atoms with E-state index >= 15 is 0 Å². The van der Waals surface area contributed by atoms with Crippen LogP contribution in [0.5, 0.6) is 0 Å². The summed E-state index contributed by atoms with van der Waals surface area (Å²) in [5, 5.41) is 33.2. The average Bonchev–Trinajstić information content (AvgIpc) is 3.04. The zero-order chi connectivity index (χ0) is 33.1. The molecule has 0 saturated heterocycles. The Morgan fingerprint density at radius 3 is 1.00 bits per heavy atom. The average molecular weight is 640 g/mol. The molecule has 0 fully saturated rings. The minimum Gasteiger partial charge on any atom is -0.394 e. The highest BCUT2D eigenvalue weighted by Gasteiger charge is 2.23. The van der Waals surface area contributed by atoms with Gasteiger partial charge in [-0.2, -0.15) is 0 Å². The van der Waals surface area contributed by atoms with E-state index in [9.17, 15) is 20.1 Å². The van der Waals surface area contributed by atoms with Gasteiger partial charge in [0.25, 0.3) is 0 Å². The highest BCUT2D eigenvalue weighted by Crippen LogP contribution is 2.16. The summed E-state index contributed by atoms with van der Waals surface area (Å²) in [7, 11) is 0. The molecule has 3 unspecified atom stereocenters. The first kappa shape index (κ1) is 44.4. The van der Waals surface area contributed by atoms with Gasteiger partial charge in [0.05, 0.1) is 18.8 Å². The molecular weight excluding hydrogens is 558 g/mol. The van der Waals surface area contributed by atoms with Gasteiger partial charge in [-0.05, 0) is 12.8 Å². The first-order chi connectivity index (χ1) is 22.1. The lowest BCUT2D eigenvalue weighted by molar-refractivity contribution is -0.131. The molecule has 0 aromatic carbocycles. The molecule has 270 valence electrons. The minimum absolute atomic E-state index is 0.308. The predicted molar refractivity (Wildman–Crippen MR) is 195 cm³/mol. The second-order valence-corrected chi connectivity index (χ2v) is 14.2. The van der Waals surface area contributed by atoms with E-state index < -0.39 is 24.2 Å². The molecule has 0 spiro atoms. The topological polar surface area (TPSA) is 89.8 Å². The number of rotatable bonds is 37. The molecule has 45 heavy (non-hydrogen) atoms. The van der Waals surface area contributed by atoms with Gasteiger partial charge in [0.15, 0.2) is 0 Å². The van der Waals surface area contributed by atoms with Gasteiger partial charge in [-0.25, -0.2) is 0 Å². The molecule has 3 atom stereocenters. The first-order valence-corrected chi connectivity index (χ1v) is 20.3. The second-order valence-electron chi connectivity index (χ2n) is 14.2. The van der Waals surface area contributed by atoms with Gasteiger partial charge in [-0.3, -0.25) is 4.79 Å². The van der Waals surface area contributed by atoms with Crippen LogP contribution in [0, 0.1) is 0 Å². The molecule has 0 bridgehead atoms. The first-order valence-electron chi connectivity index (χ1n) is 20.3. The van der Waals surface area contributed by atoms with E-state index in [0.29, 0.717) is 12.8 Å². The summed E-state index contributed by atoms with van der Waals surface area (Å²) in [6.07, 6.45) is 39.4. The quantitative estimate of drug-likeness (QED) is 0.0509. The van der Waals surface area contributed by atoms with Crippen LogP contribution in [0.25, 0.3) is 0 Å². The summed E-state index contributed by atoms with van der Waals surface area (Å²) in [5.74, 6) is -0.467. The third-order valence-corrected chi connectivity index (χ3v) is 9.73. The smallest absolute Gasteiger partial charge is 0.249 e. The van der Waals surface area contributed by atoms with Crippen LogP contribution in [0.15, 0.2) is 0 Å². The SMILES string of the molecule is CCCCCCCCCCCCCCCCCCC(O)C(=O)NC(CO)C(O)CCCCCCCCCCCCCCCCC. The van der Waals surface area contributed by atoms with Gasteiger partial charge in [-0.15, -0.1) is 0 Å². The molecule has 5 heteroatoms. The molecule has 0 heterocycles. The molecule has 5 nitrogen and oxygen atoms in total. The van der Waals surface area contributed by atoms with E-state index in [2.05, 4.69) is 19.2 Å². The lowest BCUT2D eigenvalue weighted by Crippen LogP contribution is -2.49. The lowest BCUT2D eigenvalue weighted by atomic mass is 10.0. The predicted octanol–water partition coefficient (Wildman–Crippen LogP) is 11.1. The van der Waals surface area contributed by atoms with Gasteiger partial charge in [-0.1, -0.05) is 213 Å². The lowest BCUT2D eigenvalue weighted by Gasteiger charge is -2.23. The Morgan fingerprint density at radius 1 is 0.444 bits per heavy atom. The van der Waals surface area contributed by atoms with E-state index in [-0.39, 0.29) is 6.61 Å². The standard InChI is InChI=1S/C40H81NO4/c1-3-5-7-9-11-13-15-17-19-21-23-25-27-29-31-33-35-39(44)40(45)41-37(36-42)38(43)34-32-30-28-26-24-22-20-18-16-14-12-10-8-6-4-2/h37-39,42-44H,3-36H2,1-2H3,(H,41,45). The number of nitrogens with one attached hydrogen (secondary N) is 1. The summed E-state index contributed by atoms with van der Waals surface area (Å²) in [5.41, 5.74) is 0. The zero-order valence-corrected chi connectivity index (χ0v) is 30.5. The Kier molecular flexibility index (Phi) is 35.7. The van der Waals surface area contributed by atoms with Crippen LogP contribution < -0.4 is 5.32 Å². The molecule has 0 aromatic rings. The van der Waals surface area contributed by atoms with Crippen molar-refractivity contribution < 1.29 is 20.1 Å². The number of carbonyl (C=O) groups is 1. The molecule has 1 amide bonds.